The zero-order valence-electron chi connectivity index (χ0n) is 12.2. The highest BCUT2D eigenvalue weighted by molar-refractivity contribution is 5.95. The van der Waals surface area contributed by atoms with E-state index in [1.54, 1.807) is 7.11 Å². The van der Waals surface area contributed by atoms with Crippen molar-refractivity contribution in [2.24, 2.45) is 5.73 Å². The zero-order valence-corrected chi connectivity index (χ0v) is 12.2. The number of likely N-dealkylation sites (N-methyl/N-ethyl adjacent to an activating group) is 1. The molecule has 1 saturated heterocycles. The topological polar surface area (TPSA) is 71.6 Å². The lowest BCUT2D eigenvalue weighted by molar-refractivity contribution is 0.0791. The van der Waals surface area contributed by atoms with Gasteiger partial charge < -0.3 is 15.2 Å². The van der Waals surface area contributed by atoms with E-state index in [1.807, 2.05) is 18.2 Å². The Morgan fingerprint density at radius 1 is 1.55 bits per heavy atom. The van der Waals surface area contributed by atoms with Crippen LogP contribution in [0, 0.1) is 5.41 Å². The Morgan fingerprint density at radius 3 is 2.95 bits per heavy atom. The second-order valence-corrected chi connectivity index (χ2v) is 5.27. The second-order valence-electron chi connectivity index (χ2n) is 5.27. The van der Waals surface area contributed by atoms with Crippen LogP contribution in [0.3, 0.4) is 0 Å². The molecule has 1 unspecified atom stereocenters. The summed E-state index contributed by atoms with van der Waals surface area (Å²) in [5, 5.41) is 7.53. The summed E-state index contributed by atoms with van der Waals surface area (Å²) in [5.41, 5.74) is 7.32. The Balaban J connectivity index is 2.05. The highest BCUT2D eigenvalue weighted by atomic mass is 16.5. The number of benzene rings is 1. The lowest BCUT2D eigenvalue weighted by Gasteiger charge is -2.22. The van der Waals surface area contributed by atoms with Crippen LogP contribution in [0.25, 0.3) is 0 Å². The first-order valence-electron chi connectivity index (χ1n) is 6.91. The monoisotopic (exact) mass is 277 g/mol. The summed E-state index contributed by atoms with van der Waals surface area (Å²) in [6.45, 7) is 2.54. The standard InChI is InChI=1S/C15H23N3O2/c1-18(10-13-4-3-7-20-13)9-12-8-11(15(16)17)5-6-14(12)19-2/h5-6,8,13H,3-4,7,9-10H2,1-2H3,(H3,16,17). The minimum Gasteiger partial charge on any atom is -0.496 e. The first-order chi connectivity index (χ1) is 9.60. The molecule has 1 atom stereocenters. The number of nitrogens with one attached hydrogen (secondary N) is 1. The van der Waals surface area contributed by atoms with Gasteiger partial charge in [0.25, 0.3) is 0 Å². The molecule has 1 aliphatic heterocycles. The summed E-state index contributed by atoms with van der Waals surface area (Å²) >= 11 is 0. The molecule has 5 heteroatoms. The van der Waals surface area contributed by atoms with Gasteiger partial charge in [0, 0.05) is 30.8 Å². The number of hydrogen-bond donors (Lipinski definition) is 2. The molecular formula is C15H23N3O2. The molecule has 0 bridgehead atoms. The fraction of sp³-hybridized carbons (Fsp3) is 0.533. The summed E-state index contributed by atoms with van der Waals surface area (Å²) in [6.07, 6.45) is 2.62. The van der Waals surface area contributed by atoms with Crippen molar-refractivity contribution in [2.75, 3.05) is 27.3 Å². The van der Waals surface area contributed by atoms with Crippen LogP contribution in [-0.4, -0.2) is 44.1 Å². The number of methoxy groups -OCH3 is 1. The van der Waals surface area contributed by atoms with Crippen molar-refractivity contribution in [3.8, 4) is 5.75 Å². The Hall–Kier alpha value is -1.59. The van der Waals surface area contributed by atoms with Gasteiger partial charge in [-0.15, -0.1) is 0 Å². The third-order valence-corrected chi connectivity index (χ3v) is 3.57. The van der Waals surface area contributed by atoms with Gasteiger partial charge in [0.05, 0.1) is 13.2 Å². The van der Waals surface area contributed by atoms with Crippen LogP contribution >= 0.6 is 0 Å². The van der Waals surface area contributed by atoms with Crippen LogP contribution in [0.1, 0.15) is 24.0 Å². The lowest BCUT2D eigenvalue weighted by Crippen LogP contribution is -2.28. The normalized spacial score (nSPS) is 18.4. The number of amidine groups is 1. The largest absolute Gasteiger partial charge is 0.496 e. The zero-order chi connectivity index (χ0) is 14.5. The average molecular weight is 277 g/mol. The first-order valence-corrected chi connectivity index (χ1v) is 6.91. The van der Waals surface area contributed by atoms with Crippen molar-refractivity contribution < 1.29 is 9.47 Å². The van der Waals surface area contributed by atoms with E-state index in [0.717, 1.165) is 49.4 Å². The van der Waals surface area contributed by atoms with Gasteiger partial charge in [0.2, 0.25) is 0 Å². The minimum absolute atomic E-state index is 0.0793. The van der Waals surface area contributed by atoms with Gasteiger partial charge in [0.15, 0.2) is 0 Å². The van der Waals surface area contributed by atoms with E-state index >= 15 is 0 Å². The molecule has 0 aliphatic carbocycles. The van der Waals surface area contributed by atoms with Crippen molar-refractivity contribution >= 4 is 5.84 Å². The molecule has 0 radical (unpaired) electrons. The van der Waals surface area contributed by atoms with E-state index in [1.165, 1.54) is 0 Å². The maximum atomic E-state index is 7.53. The van der Waals surface area contributed by atoms with Crippen molar-refractivity contribution in [2.45, 2.75) is 25.5 Å². The highest BCUT2D eigenvalue weighted by Gasteiger charge is 2.18. The Morgan fingerprint density at radius 2 is 2.35 bits per heavy atom. The predicted molar refractivity (Wildman–Crippen MR) is 79.3 cm³/mol. The quantitative estimate of drug-likeness (QED) is 0.612. The molecular weight excluding hydrogens is 254 g/mol. The molecule has 2 rings (SSSR count). The number of nitrogens with two attached hydrogens (primary N) is 1. The van der Waals surface area contributed by atoms with E-state index in [4.69, 9.17) is 20.6 Å². The van der Waals surface area contributed by atoms with Crippen LogP contribution in [0.2, 0.25) is 0 Å². The number of nitrogen functional groups attached to an aromatic ring is 1. The Labute approximate surface area is 120 Å². The molecule has 1 heterocycles. The molecule has 1 fully saturated rings. The van der Waals surface area contributed by atoms with Crippen LogP contribution < -0.4 is 10.5 Å². The summed E-state index contributed by atoms with van der Waals surface area (Å²) in [4.78, 5) is 2.22. The van der Waals surface area contributed by atoms with Crippen LogP contribution in [0.15, 0.2) is 18.2 Å². The molecule has 0 aromatic heterocycles. The number of hydrogen-bond acceptors (Lipinski definition) is 4. The van der Waals surface area contributed by atoms with Gasteiger partial charge in [-0.3, -0.25) is 10.3 Å². The van der Waals surface area contributed by atoms with Gasteiger partial charge in [-0.2, -0.15) is 0 Å². The van der Waals surface area contributed by atoms with E-state index in [0.29, 0.717) is 6.10 Å². The van der Waals surface area contributed by atoms with Crippen LogP contribution in [-0.2, 0) is 11.3 Å². The smallest absolute Gasteiger partial charge is 0.123 e. The molecule has 0 amide bonds. The van der Waals surface area contributed by atoms with Crippen LogP contribution in [0.5, 0.6) is 5.75 Å². The summed E-state index contributed by atoms with van der Waals surface area (Å²) in [7, 11) is 3.73. The van der Waals surface area contributed by atoms with Crippen molar-refractivity contribution in [1.82, 2.24) is 4.90 Å². The maximum Gasteiger partial charge on any atom is 0.123 e. The van der Waals surface area contributed by atoms with E-state index in [2.05, 4.69) is 11.9 Å². The van der Waals surface area contributed by atoms with E-state index in [-0.39, 0.29) is 5.84 Å². The van der Waals surface area contributed by atoms with Gasteiger partial charge in [-0.05, 0) is 38.1 Å². The summed E-state index contributed by atoms with van der Waals surface area (Å²) < 4.78 is 11.0. The van der Waals surface area contributed by atoms with Gasteiger partial charge in [-0.1, -0.05) is 0 Å². The fourth-order valence-electron chi connectivity index (χ4n) is 2.56. The number of nitrogens with zero attached hydrogens (tertiary/aromatic N) is 1. The van der Waals surface area contributed by atoms with Crippen LogP contribution in [0.4, 0.5) is 0 Å². The van der Waals surface area contributed by atoms with E-state index in [9.17, 15) is 0 Å². The molecule has 0 spiro atoms. The lowest BCUT2D eigenvalue weighted by atomic mass is 10.1. The molecule has 5 nitrogen and oxygen atoms in total. The van der Waals surface area contributed by atoms with Crippen molar-refractivity contribution in [3.63, 3.8) is 0 Å². The molecule has 20 heavy (non-hydrogen) atoms. The van der Waals surface area contributed by atoms with Gasteiger partial charge >= 0.3 is 0 Å². The average Bonchev–Trinajstić information content (AvgIpc) is 2.91. The third kappa shape index (κ3) is 3.71. The SMILES string of the molecule is COc1ccc(C(=N)N)cc1CN(C)CC1CCCO1. The molecule has 1 aliphatic rings. The van der Waals surface area contributed by atoms with Gasteiger partial charge in [-0.25, -0.2) is 0 Å². The minimum atomic E-state index is 0.0793. The van der Waals surface area contributed by atoms with Crippen molar-refractivity contribution in [3.05, 3.63) is 29.3 Å². The first kappa shape index (κ1) is 14.8. The third-order valence-electron chi connectivity index (χ3n) is 3.57. The van der Waals surface area contributed by atoms with E-state index < -0.39 is 0 Å². The maximum absolute atomic E-state index is 7.53. The Kier molecular flexibility index (Phi) is 4.98. The molecule has 3 N–H and O–H groups in total. The molecule has 1 aromatic carbocycles. The summed E-state index contributed by atoms with van der Waals surface area (Å²) in [6, 6.07) is 5.60. The fourth-order valence-corrected chi connectivity index (χ4v) is 2.56. The highest BCUT2D eigenvalue weighted by Crippen LogP contribution is 2.22. The Bertz CT molecular complexity index is 470. The van der Waals surface area contributed by atoms with Gasteiger partial charge in [0.1, 0.15) is 11.6 Å². The molecule has 110 valence electrons. The predicted octanol–water partition coefficient (Wildman–Crippen LogP) is 1.59. The number of rotatable bonds is 6. The number of ether oxygens (including phenoxy) is 2. The second kappa shape index (κ2) is 6.72. The summed E-state index contributed by atoms with van der Waals surface area (Å²) in [5.74, 6) is 0.907. The molecule has 1 aromatic rings. The molecule has 0 saturated carbocycles. The van der Waals surface area contributed by atoms with Crippen molar-refractivity contribution in [1.29, 1.82) is 5.41 Å².